The Morgan fingerprint density at radius 1 is 1.30 bits per heavy atom. The Morgan fingerprint density at radius 2 is 2.03 bits per heavy atom. The largest absolute Gasteiger partial charge is 0.494 e. The number of ether oxygens (including phenoxy) is 2. The Kier molecular flexibility index (Phi) is 4.94. The third kappa shape index (κ3) is 3.50. The second-order valence-corrected chi connectivity index (χ2v) is 9.48. The van der Waals surface area contributed by atoms with Crippen molar-refractivity contribution in [1.29, 1.82) is 5.26 Å². The Morgan fingerprint density at radius 3 is 2.67 bits per heavy atom. The molecule has 0 N–H and O–H groups in total. The van der Waals surface area contributed by atoms with Gasteiger partial charge in [-0.1, -0.05) is 23.7 Å². The summed E-state index contributed by atoms with van der Waals surface area (Å²) < 4.78 is 10.9. The lowest BCUT2D eigenvalue weighted by molar-refractivity contribution is -0.0266. The van der Waals surface area contributed by atoms with Crippen molar-refractivity contribution < 1.29 is 14.3 Å². The maximum atomic E-state index is 12.3. The number of rotatable bonds is 2. The van der Waals surface area contributed by atoms with E-state index in [0.717, 1.165) is 13.0 Å². The molecule has 4 rings (SSSR count). The van der Waals surface area contributed by atoms with Gasteiger partial charge in [-0.3, -0.25) is 0 Å². The monoisotopic (exact) mass is 428 g/mol. The average Bonchev–Trinajstić information content (AvgIpc) is 3.10. The van der Waals surface area contributed by atoms with Crippen LogP contribution in [-0.4, -0.2) is 54.9 Å². The molecule has 2 fully saturated rings. The zero-order valence-electron chi connectivity index (χ0n) is 17.7. The van der Waals surface area contributed by atoms with Crippen LogP contribution in [0.5, 0.6) is 5.75 Å². The molecule has 2 aromatic rings. The number of para-hydroxylation sites is 1. The molecule has 1 aromatic heterocycles. The molecule has 1 spiro atoms. The van der Waals surface area contributed by atoms with Crippen LogP contribution in [0.1, 0.15) is 32.8 Å². The van der Waals surface area contributed by atoms with Crippen molar-refractivity contribution in [3.05, 3.63) is 28.8 Å². The number of carbonyl (C=O) groups excluding carboxylic acids is 1. The van der Waals surface area contributed by atoms with Crippen LogP contribution < -0.4 is 9.64 Å². The summed E-state index contributed by atoms with van der Waals surface area (Å²) in [4.78, 5) is 20.9. The van der Waals surface area contributed by atoms with Gasteiger partial charge in [-0.25, -0.2) is 9.78 Å². The number of carbonyl (C=O) groups is 1. The summed E-state index contributed by atoms with van der Waals surface area (Å²) in [5.74, 6) is 1.20. The Labute approximate surface area is 181 Å². The number of fused-ring (bicyclic) bond motifs is 1. The molecule has 0 bridgehead atoms. The van der Waals surface area contributed by atoms with Crippen LogP contribution in [0.4, 0.5) is 10.6 Å². The smallest absolute Gasteiger partial charge is 0.410 e. The number of hydrogen-bond donors (Lipinski definition) is 0. The van der Waals surface area contributed by atoms with Crippen molar-refractivity contribution in [1.82, 2.24) is 9.88 Å². The second kappa shape index (κ2) is 7.21. The number of anilines is 1. The topological polar surface area (TPSA) is 78.7 Å². The van der Waals surface area contributed by atoms with Crippen LogP contribution in [0, 0.1) is 16.7 Å². The van der Waals surface area contributed by atoms with Gasteiger partial charge < -0.3 is 19.3 Å². The molecular formula is C22H25ClN4O3. The minimum Gasteiger partial charge on any atom is -0.494 e. The second-order valence-electron chi connectivity index (χ2n) is 9.10. The number of hydrogen-bond acceptors (Lipinski definition) is 6. The van der Waals surface area contributed by atoms with Crippen LogP contribution in [-0.2, 0) is 4.74 Å². The quantitative estimate of drug-likeness (QED) is 0.712. The van der Waals surface area contributed by atoms with Gasteiger partial charge in [0.15, 0.2) is 0 Å². The highest BCUT2D eigenvalue weighted by Crippen LogP contribution is 2.44. The highest BCUT2D eigenvalue weighted by Gasteiger charge is 2.51. The highest BCUT2D eigenvalue weighted by molar-refractivity contribution is 6.37. The van der Waals surface area contributed by atoms with Crippen LogP contribution >= 0.6 is 11.6 Å². The minimum absolute atomic E-state index is 0.00643. The van der Waals surface area contributed by atoms with Crippen molar-refractivity contribution >= 4 is 34.4 Å². The van der Waals surface area contributed by atoms with Gasteiger partial charge in [-0.15, -0.1) is 0 Å². The molecule has 2 saturated heterocycles. The summed E-state index contributed by atoms with van der Waals surface area (Å²) in [6, 6.07) is 7.73. The fraction of sp³-hybridized carbons (Fsp3) is 0.500. The molecule has 0 atom stereocenters. The van der Waals surface area contributed by atoms with E-state index in [0.29, 0.717) is 52.7 Å². The first kappa shape index (κ1) is 20.5. The Hall–Kier alpha value is -2.72. The summed E-state index contributed by atoms with van der Waals surface area (Å²) >= 11 is 6.59. The van der Waals surface area contributed by atoms with Gasteiger partial charge in [-0.2, -0.15) is 5.26 Å². The maximum Gasteiger partial charge on any atom is 0.410 e. The molecule has 0 radical (unpaired) electrons. The third-order valence-electron chi connectivity index (χ3n) is 5.67. The average molecular weight is 429 g/mol. The van der Waals surface area contributed by atoms with Crippen LogP contribution in [0.2, 0.25) is 5.02 Å². The molecule has 3 heterocycles. The van der Waals surface area contributed by atoms with E-state index in [1.807, 2.05) is 39.0 Å². The minimum atomic E-state index is -0.506. The SMILES string of the molecule is COc1cccc2c(Cl)c(C#N)c(N3CCC4(CN(C(=O)OC(C)(C)C)C4)C3)nc12. The summed E-state index contributed by atoms with van der Waals surface area (Å²) in [6.45, 7) is 8.35. The molecule has 158 valence electrons. The van der Waals surface area contributed by atoms with Gasteiger partial charge in [0.2, 0.25) is 0 Å². The van der Waals surface area contributed by atoms with E-state index in [-0.39, 0.29) is 11.5 Å². The fourth-order valence-electron chi connectivity index (χ4n) is 4.30. The third-order valence-corrected chi connectivity index (χ3v) is 6.06. The maximum absolute atomic E-state index is 12.3. The van der Waals surface area contributed by atoms with E-state index in [1.54, 1.807) is 12.0 Å². The van der Waals surface area contributed by atoms with Crippen LogP contribution in [0.3, 0.4) is 0 Å². The lowest BCUT2D eigenvalue weighted by Crippen LogP contribution is -2.60. The van der Waals surface area contributed by atoms with E-state index in [9.17, 15) is 10.1 Å². The van der Waals surface area contributed by atoms with E-state index in [4.69, 9.17) is 26.1 Å². The molecule has 0 aliphatic carbocycles. The van der Waals surface area contributed by atoms with Gasteiger partial charge in [0.1, 0.15) is 34.3 Å². The molecule has 0 unspecified atom stereocenters. The Balaban J connectivity index is 1.58. The van der Waals surface area contributed by atoms with Crippen LogP contribution in [0.25, 0.3) is 10.9 Å². The van der Waals surface area contributed by atoms with Crippen molar-refractivity contribution in [2.45, 2.75) is 32.8 Å². The van der Waals surface area contributed by atoms with E-state index in [2.05, 4.69) is 11.0 Å². The van der Waals surface area contributed by atoms with Crippen molar-refractivity contribution in [3.8, 4) is 11.8 Å². The normalized spacial score (nSPS) is 17.7. The van der Waals surface area contributed by atoms with Gasteiger partial charge in [0.05, 0.1) is 12.1 Å². The summed E-state index contributed by atoms with van der Waals surface area (Å²) in [6.07, 6.45) is 0.640. The number of methoxy groups -OCH3 is 1. The first-order valence-corrected chi connectivity index (χ1v) is 10.3. The lowest BCUT2D eigenvalue weighted by atomic mass is 9.79. The van der Waals surface area contributed by atoms with Crippen LogP contribution in [0.15, 0.2) is 18.2 Å². The zero-order valence-corrected chi connectivity index (χ0v) is 18.4. The molecular weight excluding hydrogens is 404 g/mol. The number of benzene rings is 1. The molecule has 0 saturated carbocycles. The first-order chi connectivity index (χ1) is 14.2. The number of aromatic nitrogens is 1. The van der Waals surface area contributed by atoms with Gasteiger partial charge >= 0.3 is 6.09 Å². The molecule has 8 heteroatoms. The number of pyridine rings is 1. The molecule has 1 aromatic carbocycles. The predicted octanol–water partition coefficient (Wildman–Crippen LogP) is 4.22. The number of nitrogens with zero attached hydrogens (tertiary/aromatic N) is 4. The van der Waals surface area contributed by atoms with Crippen molar-refractivity contribution in [2.24, 2.45) is 5.41 Å². The summed E-state index contributed by atoms with van der Waals surface area (Å²) in [5.41, 5.74) is 0.503. The zero-order chi connectivity index (χ0) is 21.7. The molecule has 2 aliphatic rings. The fourth-order valence-corrected chi connectivity index (χ4v) is 4.57. The number of nitriles is 1. The molecule has 7 nitrogen and oxygen atoms in total. The number of halogens is 1. The summed E-state index contributed by atoms with van der Waals surface area (Å²) in [5, 5.41) is 10.9. The number of amides is 1. The molecule has 2 aliphatic heterocycles. The first-order valence-electron chi connectivity index (χ1n) is 9.95. The van der Waals surface area contributed by atoms with Gasteiger partial charge in [0.25, 0.3) is 0 Å². The Bertz CT molecular complexity index is 1050. The van der Waals surface area contributed by atoms with E-state index < -0.39 is 5.60 Å². The lowest BCUT2D eigenvalue weighted by Gasteiger charge is -2.47. The van der Waals surface area contributed by atoms with E-state index >= 15 is 0 Å². The standard InChI is InChI=1S/C22H25ClN4O3/c1-21(2,3)30-20(28)27-12-22(13-27)8-9-26(11-22)19-15(10-24)17(23)14-6-5-7-16(29-4)18(14)25-19/h5-7H,8-9,11-13H2,1-4H3. The molecule has 30 heavy (non-hydrogen) atoms. The number of likely N-dealkylation sites (tertiary alicyclic amines) is 1. The van der Waals surface area contributed by atoms with Crippen molar-refractivity contribution in [3.63, 3.8) is 0 Å². The van der Waals surface area contributed by atoms with Gasteiger partial charge in [-0.05, 0) is 33.3 Å². The molecule has 1 amide bonds. The predicted molar refractivity (Wildman–Crippen MR) is 115 cm³/mol. The summed E-state index contributed by atoms with van der Waals surface area (Å²) in [7, 11) is 1.59. The highest BCUT2D eigenvalue weighted by atomic mass is 35.5. The van der Waals surface area contributed by atoms with E-state index in [1.165, 1.54) is 0 Å². The van der Waals surface area contributed by atoms with Gasteiger partial charge in [0, 0.05) is 37.0 Å². The van der Waals surface area contributed by atoms with Crippen molar-refractivity contribution in [2.75, 3.05) is 38.2 Å².